The van der Waals surface area contributed by atoms with Crippen molar-refractivity contribution in [2.24, 2.45) is 0 Å². The van der Waals surface area contributed by atoms with Crippen LogP contribution in [0.5, 0.6) is 23.0 Å². The fourth-order valence-electron chi connectivity index (χ4n) is 4.89. The van der Waals surface area contributed by atoms with E-state index in [1.165, 1.54) is 50.4 Å². The summed E-state index contributed by atoms with van der Waals surface area (Å²) in [5.74, 6) is -1.11. The Kier molecular flexibility index (Phi) is 8.80. The van der Waals surface area contributed by atoms with Gasteiger partial charge in [0.1, 0.15) is 70.9 Å². The maximum Gasteiger partial charge on any atom is 0.239 e. The molecule has 15 heteroatoms. The number of fused-ring (bicyclic) bond motifs is 1. The lowest BCUT2D eigenvalue weighted by Crippen LogP contribution is -2.61. The van der Waals surface area contributed by atoms with Crippen molar-refractivity contribution < 1.29 is 69.0 Å². The number of benzene rings is 2. The third kappa shape index (κ3) is 5.86. The Morgan fingerprint density at radius 2 is 1.47 bits per heavy atom. The van der Waals surface area contributed by atoms with E-state index in [0.29, 0.717) is 0 Å². The first kappa shape index (κ1) is 30.9. The summed E-state index contributed by atoms with van der Waals surface area (Å²) in [6.45, 7) is 0.889. The van der Waals surface area contributed by atoms with Crippen molar-refractivity contribution in [3.63, 3.8) is 0 Å². The van der Waals surface area contributed by atoms with Crippen molar-refractivity contribution in [1.82, 2.24) is 0 Å². The molecule has 0 aliphatic carbocycles. The molecular weight excluding hydrogens is 576 g/mol. The third-order valence-electron chi connectivity index (χ3n) is 7.41. The van der Waals surface area contributed by atoms with Crippen LogP contribution in [0.15, 0.2) is 45.6 Å². The average molecular weight is 609 g/mol. The van der Waals surface area contributed by atoms with Crippen molar-refractivity contribution in [3.05, 3.63) is 46.6 Å². The first-order valence-corrected chi connectivity index (χ1v) is 13.3. The van der Waals surface area contributed by atoms with Crippen LogP contribution in [-0.2, 0) is 14.2 Å². The van der Waals surface area contributed by atoms with Gasteiger partial charge in [0, 0.05) is 17.7 Å². The van der Waals surface area contributed by atoms with Gasteiger partial charge in [0.2, 0.25) is 17.5 Å². The molecule has 3 aromatic rings. The van der Waals surface area contributed by atoms with Crippen LogP contribution >= 0.6 is 0 Å². The van der Waals surface area contributed by atoms with Gasteiger partial charge in [0.15, 0.2) is 12.1 Å². The van der Waals surface area contributed by atoms with E-state index >= 15 is 0 Å². The summed E-state index contributed by atoms with van der Waals surface area (Å²) in [6.07, 6.45) is -15.7. The zero-order valence-corrected chi connectivity index (χ0v) is 22.9. The molecule has 0 saturated carbocycles. The van der Waals surface area contributed by atoms with Gasteiger partial charge < -0.3 is 69.0 Å². The van der Waals surface area contributed by atoms with Gasteiger partial charge in [-0.1, -0.05) is 0 Å². The summed E-state index contributed by atoms with van der Waals surface area (Å²) < 4.78 is 33.4. The average Bonchev–Trinajstić information content (AvgIpc) is 2.99. The molecular formula is C28H32O15. The Bertz CT molecular complexity index is 1490. The van der Waals surface area contributed by atoms with Crippen LogP contribution in [0.1, 0.15) is 6.92 Å². The number of hydrogen-bond acceptors (Lipinski definition) is 15. The molecule has 0 radical (unpaired) electrons. The number of phenols is 2. The lowest BCUT2D eigenvalue weighted by atomic mass is 9.98. The van der Waals surface area contributed by atoms with Gasteiger partial charge >= 0.3 is 0 Å². The molecule has 3 heterocycles. The third-order valence-corrected chi connectivity index (χ3v) is 7.41. The zero-order valence-electron chi connectivity index (χ0n) is 22.9. The first-order valence-electron chi connectivity index (χ1n) is 13.3. The van der Waals surface area contributed by atoms with Crippen molar-refractivity contribution >= 4 is 11.0 Å². The van der Waals surface area contributed by atoms with Crippen LogP contribution in [0.3, 0.4) is 0 Å². The Morgan fingerprint density at radius 3 is 2.14 bits per heavy atom. The minimum Gasteiger partial charge on any atom is -0.508 e. The maximum atomic E-state index is 13.7. The van der Waals surface area contributed by atoms with Gasteiger partial charge in [-0.25, -0.2) is 0 Å². The maximum absolute atomic E-state index is 13.7. The fourth-order valence-corrected chi connectivity index (χ4v) is 4.89. The van der Waals surface area contributed by atoms with Gasteiger partial charge in [-0.3, -0.25) is 4.79 Å². The van der Waals surface area contributed by atoms with Crippen molar-refractivity contribution in [3.8, 4) is 34.3 Å². The van der Waals surface area contributed by atoms with Crippen LogP contribution in [0, 0.1) is 0 Å². The number of phenolic OH excluding ortho intramolecular Hbond substituents is 2. The van der Waals surface area contributed by atoms with E-state index in [-0.39, 0.29) is 33.8 Å². The number of hydrogen-bond donors (Lipinski definition) is 8. The molecule has 2 saturated heterocycles. The molecule has 10 atom stereocenters. The highest BCUT2D eigenvalue weighted by molar-refractivity contribution is 5.88. The number of aliphatic hydroxyl groups excluding tert-OH is 6. The van der Waals surface area contributed by atoms with Gasteiger partial charge in [-0.05, 0) is 31.2 Å². The summed E-state index contributed by atoms with van der Waals surface area (Å²) in [7, 11) is 1.35. The largest absolute Gasteiger partial charge is 0.508 e. The Hall–Kier alpha value is -3.51. The number of aliphatic hydroxyl groups is 6. The standard InChI is InChI=1S/C28H32O15/c1-10-18(31)21(34)23(36)27(40-10)39-9-16-19(32)22(35)24(37)28(42-16)43-26-20(33)17-14(30)7-13(38-2)8-15(17)41-25(26)11-3-5-12(29)6-4-11/h3-8,10,16,18-19,21-24,27-32,34-37H,9H2,1-2H3/t10-,16+,18-,19-,21+,22-,23+,24+,27+,28-/m0/s1. The Labute approximate surface area is 243 Å². The summed E-state index contributed by atoms with van der Waals surface area (Å²) in [5.41, 5.74) is -0.705. The van der Waals surface area contributed by atoms with Crippen LogP contribution < -0.4 is 14.9 Å². The molecule has 8 N–H and O–H groups in total. The molecule has 1 aromatic heterocycles. The number of methoxy groups -OCH3 is 1. The number of rotatable bonds is 7. The quantitative estimate of drug-likeness (QED) is 0.159. The van der Waals surface area contributed by atoms with Gasteiger partial charge in [-0.15, -0.1) is 0 Å². The smallest absolute Gasteiger partial charge is 0.239 e. The van der Waals surface area contributed by atoms with Crippen molar-refractivity contribution in [2.45, 2.75) is 68.3 Å². The summed E-state index contributed by atoms with van der Waals surface area (Å²) in [4.78, 5) is 13.7. The topological polar surface area (TPSA) is 238 Å². The lowest BCUT2D eigenvalue weighted by molar-refractivity contribution is -0.318. The van der Waals surface area contributed by atoms with E-state index in [4.69, 9.17) is 28.1 Å². The second-order valence-electron chi connectivity index (χ2n) is 10.3. The van der Waals surface area contributed by atoms with E-state index < -0.39 is 84.9 Å². The molecule has 15 nitrogen and oxygen atoms in total. The fraction of sp³-hybridized carbons (Fsp3) is 0.464. The summed E-state index contributed by atoms with van der Waals surface area (Å²) in [6, 6.07) is 8.03. The molecule has 0 amide bonds. The molecule has 0 unspecified atom stereocenters. The minimum absolute atomic E-state index is 0.0725. The minimum atomic E-state index is -1.90. The zero-order chi connectivity index (χ0) is 31.2. The van der Waals surface area contributed by atoms with Crippen LogP contribution in [-0.4, -0.2) is 116 Å². The summed E-state index contributed by atoms with van der Waals surface area (Å²) in [5, 5.41) is 82.0. The molecule has 234 valence electrons. The monoisotopic (exact) mass is 608 g/mol. The second kappa shape index (κ2) is 12.2. The van der Waals surface area contributed by atoms with E-state index in [1.807, 2.05) is 0 Å². The SMILES string of the molecule is COc1cc(O)c2c(=O)c(O[C@@H]3O[C@H](CO[C@@H]4O[C@@H](C)[C@H](O)[C@@H](O)[C@H]4O)[C@H](O)[C@H](O)[C@H]3O)c(-c3ccc(O)cc3)oc2c1. The highest BCUT2D eigenvalue weighted by Crippen LogP contribution is 2.38. The van der Waals surface area contributed by atoms with E-state index in [0.717, 1.165) is 0 Å². The predicted molar refractivity (Wildman–Crippen MR) is 143 cm³/mol. The Balaban J connectivity index is 1.47. The van der Waals surface area contributed by atoms with E-state index in [1.54, 1.807) is 0 Å². The molecule has 2 aliphatic heterocycles. The molecule has 43 heavy (non-hydrogen) atoms. The first-order chi connectivity index (χ1) is 20.4. The second-order valence-corrected chi connectivity index (χ2v) is 10.3. The van der Waals surface area contributed by atoms with Gasteiger partial charge in [0.25, 0.3) is 0 Å². The predicted octanol–water partition coefficient (Wildman–Crippen LogP) is -1.09. The lowest BCUT2D eigenvalue weighted by Gasteiger charge is -2.42. The van der Waals surface area contributed by atoms with Crippen molar-refractivity contribution in [1.29, 1.82) is 0 Å². The van der Waals surface area contributed by atoms with Crippen molar-refractivity contribution in [2.75, 3.05) is 13.7 Å². The molecule has 5 rings (SSSR count). The Morgan fingerprint density at radius 1 is 0.814 bits per heavy atom. The van der Waals surface area contributed by atoms with Crippen LogP contribution in [0.25, 0.3) is 22.3 Å². The molecule has 0 spiro atoms. The van der Waals surface area contributed by atoms with E-state index in [2.05, 4.69) is 0 Å². The highest BCUT2D eigenvalue weighted by Gasteiger charge is 2.47. The normalized spacial score (nSPS) is 32.9. The molecule has 2 aromatic carbocycles. The van der Waals surface area contributed by atoms with Gasteiger partial charge in [0.05, 0.1) is 19.8 Å². The van der Waals surface area contributed by atoms with Gasteiger partial charge in [-0.2, -0.15) is 0 Å². The highest BCUT2D eigenvalue weighted by atomic mass is 16.7. The number of ether oxygens (including phenoxy) is 5. The molecule has 2 aliphatic rings. The summed E-state index contributed by atoms with van der Waals surface area (Å²) >= 11 is 0. The van der Waals surface area contributed by atoms with Crippen LogP contribution in [0.2, 0.25) is 0 Å². The van der Waals surface area contributed by atoms with Crippen LogP contribution in [0.4, 0.5) is 0 Å². The van der Waals surface area contributed by atoms with E-state index in [9.17, 15) is 45.6 Å². The molecule has 2 fully saturated rings. The molecule has 0 bridgehead atoms. The number of aromatic hydroxyl groups is 2.